The molecule has 0 bridgehead atoms. The van der Waals surface area contributed by atoms with Crippen LogP contribution in [0.1, 0.15) is 27.2 Å². The van der Waals surface area contributed by atoms with Crippen LogP contribution in [0.15, 0.2) is 0 Å². The molecule has 0 saturated carbocycles. The Morgan fingerprint density at radius 1 is 1.64 bits per heavy atom. The van der Waals surface area contributed by atoms with Gasteiger partial charge in [-0.15, -0.1) is 0 Å². The summed E-state index contributed by atoms with van der Waals surface area (Å²) in [6, 6.07) is 0. The van der Waals surface area contributed by atoms with Crippen molar-refractivity contribution in [2.75, 3.05) is 0 Å². The average Bonchev–Trinajstić information content (AvgIpc) is 2.02. The Morgan fingerprint density at radius 2 is 2.18 bits per heavy atom. The van der Waals surface area contributed by atoms with Gasteiger partial charge in [0.15, 0.2) is 0 Å². The number of carbonyl (C=O) groups excluding carboxylic acids is 1. The number of rotatable bonds is 4. The molecule has 1 radical (unpaired) electrons. The van der Waals surface area contributed by atoms with Gasteiger partial charge in [0.1, 0.15) is 0 Å². The fourth-order valence-electron chi connectivity index (χ4n) is 0.432. The summed E-state index contributed by atoms with van der Waals surface area (Å²) >= 11 is 4.49. The van der Waals surface area contributed by atoms with E-state index in [2.05, 4.69) is 17.6 Å². The van der Waals surface area contributed by atoms with Crippen LogP contribution in [0.25, 0.3) is 0 Å². The molecule has 0 fully saturated rings. The van der Waals surface area contributed by atoms with Gasteiger partial charge < -0.3 is 4.74 Å². The molecule has 0 spiro atoms. The van der Waals surface area contributed by atoms with Crippen LogP contribution >= 0.6 is 12.2 Å². The van der Waals surface area contributed by atoms with Gasteiger partial charge in [0.2, 0.25) is 0 Å². The molecule has 0 N–H and O–H groups in total. The lowest BCUT2D eigenvalue weighted by molar-refractivity contribution is -0.150. The number of hydrogen-bond acceptors (Lipinski definition) is 3. The summed E-state index contributed by atoms with van der Waals surface area (Å²) in [6.07, 6.45) is 0.809. The van der Waals surface area contributed by atoms with Crippen molar-refractivity contribution >= 4 is 23.6 Å². The minimum atomic E-state index is -0.390. The molecule has 0 aliphatic rings. The van der Waals surface area contributed by atoms with Gasteiger partial charge in [0, 0.05) is 5.37 Å². The fourth-order valence-corrected chi connectivity index (χ4v) is 0.528. The van der Waals surface area contributed by atoms with E-state index in [4.69, 9.17) is 4.74 Å². The summed E-state index contributed by atoms with van der Waals surface area (Å²) in [4.78, 5) is 11.0. The van der Waals surface area contributed by atoms with Gasteiger partial charge in [0.25, 0.3) is 0 Å². The van der Waals surface area contributed by atoms with E-state index >= 15 is 0 Å². The highest BCUT2D eigenvalue weighted by atomic mass is 32.1. The maximum atomic E-state index is 11.0. The number of carbonyl (C=O) groups is 1. The summed E-state index contributed by atoms with van der Waals surface area (Å²) in [5.41, 5.74) is 0. The van der Waals surface area contributed by atoms with Gasteiger partial charge in [-0.25, -0.2) is 0 Å². The molecular weight excluding hydrogens is 160 g/mol. The molecule has 63 valence electrons. The number of thiocarbonyl (C=S) groups is 1. The van der Waals surface area contributed by atoms with E-state index in [-0.39, 0.29) is 18.0 Å². The fraction of sp³-hybridized carbons (Fsp3) is 0.750. The lowest BCUT2D eigenvalue weighted by Gasteiger charge is -2.11. The summed E-state index contributed by atoms with van der Waals surface area (Å²) in [6.45, 7) is 5.50. The number of ether oxygens (including phenoxy) is 1. The second kappa shape index (κ2) is 5.24. The van der Waals surface area contributed by atoms with Crippen LogP contribution in [0.3, 0.4) is 0 Å². The highest BCUT2D eigenvalue weighted by Crippen LogP contribution is 2.01. The zero-order valence-electron chi connectivity index (χ0n) is 7.09. The minimum absolute atomic E-state index is 0.0201. The Hall–Kier alpha value is -0.440. The molecule has 0 aromatic carbocycles. The summed E-state index contributed by atoms with van der Waals surface area (Å²) in [7, 11) is 0. The van der Waals surface area contributed by atoms with Crippen molar-refractivity contribution < 1.29 is 9.53 Å². The maximum Gasteiger partial charge on any atom is 0.314 e. The monoisotopic (exact) mass is 173 g/mol. The van der Waals surface area contributed by atoms with E-state index in [0.29, 0.717) is 0 Å². The van der Waals surface area contributed by atoms with Crippen molar-refractivity contribution in [1.29, 1.82) is 0 Å². The molecule has 0 rings (SSSR count). The minimum Gasteiger partial charge on any atom is -0.462 e. The van der Waals surface area contributed by atoms with Crippen molar-refractivity contribution in [3.8, 4) is 0 Å². The zero-order chi connectivity index (χ0) is 8.85. The first-order chi connectivity index (χ1) is 5.11. The van der Waals surface area contributed by atoms with Crippen molar-refractivity contribution in [2.24, 2.45) is 5.92 Å². The Morgan fingerprint density at radius 3 is 2.55 bits per heavy atom. The number of esters is 1. The summed E-state index contributed by atoms with van der Waals surface area (Å²) in [5, 5.41) is 2.40. The molecule has 0 aromatic rings. The van der Waals surface area contributed by atoms with Gasteiger partial charge in [-0.1, -0.05) is 19.1 Å². The largest absolute Gasteiger partial charge is 0.462 e. The highest BCUT2D eigenvalue weighted by molar-refractivity contribution is 7.79. The second-order valence-electron chi connectivity index (χ2n) is 2.50. The van der Waals surface area contributed by atoms with Crippen molar-refractivity contribution in [3.05, 3.63) is 0 Å². The van der Waals surface area contributed by atoms with Crippen molar-refractivity contribution in [3.63, 3.8) is 0 Å². The SMILES string of the molecule is CCC(C)OC(=O)C(C)[C]=S. The third kappa shape index (κ3) is 4.09. The van der Waals surface area contributed by atoms with Crippen LogP contribution in [0.2, 0.25) is 0 Å². The highest BCUT2D eigenvalue weighted by Gasteiger charge is 2.13. The van der Waals surface area contributed by atoms with Gasteiger partial charge >= 0.3 is 5.97 Å². The van der Waals surface area contributed by atoms with Crippen LogP contribution in [0, 0.1) is 5.92 Å². The molecule has 2 atom stereocenters. The van der Waals surface area contributed by atoms with E-state index in [9.17, 15) is 4.79 Å². The Balaban J connectivity index is 3.77. The smallest absolute Gasteiger partial charge is 0.314 e. The van der Waals surface area contributed by atoms with Crippen LogP contribution in [-0.2, 0) is 9.53 Å². The molecule has 0 saturated heterocycles. The summed E-state index contributed by atoms with van der Waals surface area (Å²) in [5.74, 6) is -0.673. The van der Waals surface area contributed by atoms with Gasteiger partial charge in [-0.05, 0) is 20.3 Å². The Bertz CT molecular complexity index is 145. The van der Waals surface area contributed by atoms with Gasteiger partial charge in [-0.3, -0.25) is 4.79 Å². The van der Waals surface area contributed by atoms with Crippen molar-refractivity contribution in [2.45, 2.75) is 33.3 Å². The zero-order valence-corrected chi connectivity index (χ0v) is 7.90. The van der Waals surface area contributed by atoms with E-state index in [1.165, 1.54) is 0 Å². The third-order valence-corrected chi connectivity index (χ3v) is 1.78. The number of hydrogen-bond donors (Lipinski definition) is 0. The average molecular weight is 173 g/mol. The van der Waals surface area contributed by atoms with Crippen LogP contribution in [0.4, 0.5) is 0 Å². The van der Waals surface area contributed by atoms with Crippen LogP contribution in [0.5, 0.6) is 0 Å². The Labute approximate surface area is 72.9 Å². The predicted molar refractivity (Wildman–Crippen MR) is 47.6 cm³/mol. The molecule has 3 heteroatoms. The first kappa shape index (κ1) is 10.6. The van der Waals surface area contributed by atoms with Crippen molar-refractivity contribution in [1.82, 2.24) is 0 Å². The standard InChI is InChI=1S/C8H13O2S/c1-4-7(3)10-8(9)6(2)5-11/h6-7H,4H2,1-3H3. The topological polar surface area (TPSA) is 26.3 Å². The van der Waals surface area contributed by atoms with Gasteiger partial charge in [-0.2, -0.15) is 0 Å². The molecule has 0 amide bonds. The van der Waals surface area contributed by atoms with Crippen LogP contribution < -0.4 is 0 Å². The van der Waals surface area contributed by atoms with Crippen LogP contribution in [-0.4, -0.2) is 17.4 Å². The normalized spacial score (nSPS) is 15.2. The quantitative estimate of drug-likeness (QED) is 0.479. The second-order valence-corrected chi connectivity index (χ2v) is 2.73. The molecule has 0 aliphatic heterocycles. The molecule has 0 aromatic heterocycles. The predicted octanol–water partition coefficient (Wildman–Crippen LogP) is 1.84. The van der Waals surface area contributed by atoms with E-state index in [1.54, 1.807) is 6.92 Å². The lowest BCUT2D eigenvalue weighted by Crippen LogP contribution is -2.20. The maximum absolute atomic E-state index is 11.0. The third-order valence-electron chi connectivity index (χ3n) is 1.42. The van der Waals surface area contributed by atoms with E-state index in [0.717, 1.165) is 6.42 Å². The molecule has 2 nitrogen and oxygen atoms in total. The molecular formula is C8H13O2S. The molecule has 0 aliphatic carbocycles. The first-order valence-electron chi connectivity index (χ1n) is 3.70. The molecule has 0 heterocycles. The van der Waals surface area contributed by atoms with E-state index < -0.39 is 0 Å². The molecule has 2 unspecified atom stereocenters. The Kier molecular flexibility index (Phi) is 5.03. The van der Waals surface area contributed by atoms with E-state index in [1.807, 2.05) is 13.8 Å². The molecule has 11 heavy (non-hydrogen) atoms. The summed E-state index contributed by atoms with van der Waals surface area (Å²) < 4.78 is 4.98. The first-order valence-corrected chi connectivity index (χ1v) is 4.10. The lowest BCUT2D eigenvalue weighted by atomic mass is 10.2. The van der Waals surface area contributed by atoms with Gasteiger partial charge in [0.05, 0.1) is 12.0 Å².